The number of carbonyl (C=O) groups excluding carboxylic acids is 1. The smallest absolute Gasteiger partial charge is 0.239 e. The highest BCUT2D eigenvalue weighted by Crippen LogP contribution is 2.17. The van der Waals surface area contributed by atoms with Gasteiger partial charge in [0.2, 0.25) is 17.6 Å². The Morgan fingerprint density at radius 1 is 1.29 bits per heavy atom. The highest BCUT2D eigenvalue weighted by atomic mass is 32.2. The summed E-state index contributed by atoms with van der Waals surface area (Å²) < 4.78 is 17.5. The molecule has 1 amide bonds. The molecular formula is C17H23N3O3S. The van der Waals surface area contributed by atoms with Crippen molar-refractivity contribution in [1.29, 1.82) is 0 Å². The molecule has 0 aliphatic carbocycles. The summed E-state index contributed by atoms with van der Waals surface area (Å²) in [5.41, 5.74) is 1.61. The molecule has 0 radical (unpaired) electrons. The molecule has 130 valence electrons. The third-order valence-electron chi connectivity index (χ3n) is 3.31. The summed E-state index contributed by atoms with van der Waals surface area (Å²) in [5.74, 6) is 0.518. The van der Waals surface area contributed by atoms with Crippen LogP contribution < -0.4 is 5.32 Å². The lowest BCUT2D eigenvalue weighted by Crippen LogP contribution is -2.46. The molecule has 2 unspecified atom stereocenters. The molecule has 0 bridgehead atoms. The van der Waals surface area contributed by atoms with E-state index in [0.717, 1.165) is 11.1 Å². The fourth-order valence-electron chi connectivity index (χ4n) is 1.97. The van der Waals surface area contributed by atoms with Crippen LogP contribution >= 0.6 is 0 Å². The number of amides is 1. The van der Waals surface area contributed by atoms with E-state index < -0.39 is 16.0 Å². The molecule has 24 heavy (non-hydrogen) atoms. The van der Waals surface area contributed by atoms with Gasteiger partial charge in [-0.15, -0.1) is 0 Å². The Balaban J connectivity index is 2.02. The number of hydrogen-bond acceptors (Lipinski definition) is 5. The number of aromatic nitrogens is 2. The largest absolute Gasteiger partial charge is 0.350 e. The molecule has 7 heteroatoms. The van der Waals surface area contributed by atoms with Gasteiger partial charge in [0.1, 0.15) is 11.0 Å². The van der Waals surface area contributed by atoms with Crippen LogP contribution in [0.2, 0.25) is 0 Å². The van der Waals surface area contributed by atoms with Crippen LogP contribution in [0.5, 0.6) is 0 Å². The van der Waals surface area contributed by atoms with E-state index in [0.29, 0.717) is 5.82 Å². The summed E-state index contributed by atoms with van der Waals surface area (Å²) in [6.45, 7) is 9.28. The predicted octanol–water partition coefficient (Wildman–Crippen LogP) is 2.60. The first-order valence-corrected chi connectivity index (χ1v) is 9.13. The SMILES string of the molecule is Cc1ccc(-c2noc(CS(=O)C(C)C(=O)NC(C)(C)C)n2)cc1. The van der Waals surface area contributed by atoms with Crippen molar-refractivity contribution >= 4 is 16.7 Å². The Morgan fingerprint density at radius 3 is 2.50 bits per heavy atom. The third kappa shape index (κ3) is 4.99. The highest BCUT2D eigenvalue weighted by molar-refractivity contribution is 7.85. The third-order valence-corrected chi connectivity index (χ3v) is 4.84. The van der Waals surface area contributed by atoms with Gasteiger partial charge in [0.05, 0.1) is 0 Å². The molecule has 1 aromatic heterocycles. The van der Waals surface area contributed by atoms with Gasteiger partial charge >= 0.3 is 0 Å². The van der Waals surface area contributed by atoms with Crippen LogP contribution in [0.15, 0.2) is 28.8 Å². The van der Waals surface area contributed by atoms with Gasteiger partial charge in [-0.05, 0) is 34.6 Å². The predicted molar refractivity (Wildman–Crippen MR) is 93.7 cm³/mol. The molecule has 0 saturated carbocycles. The van der Waals surface area contributed by atoms with Crippen LogP contribution in [0, 0.1) is 6.92 Å². The summed E-state index contributed by atoms with van der Waals surface area (Å²) in [5, 5.41) is 6.08. The Bertz CT molecular complexity index is 732. The first-order valence-electron chi connectivity index (χ1n) is 7.74. The second kappa shape index (κ2) is 7.25. The minimum atomic E-state index is -1.44. The van der Waals surface area contributed by atoms with E-state index in [1.165, 1.54) is 0 Å². The van der Waals surface area contributed by atoms with Gasteiger partial charge in [-0.25, -0.2) is 0 Å². The first-order chi connectivity index (χ1) is 11.2. The van der Waals surface area contributed by atoms with Crippen molar-refractivity contribution in [3.63, 3.8) is 0 Å². The van der Waals surface area contributed by atoms with Crippen molar-refractivity contribution in [3.8, 4) is 11.4 Å². The lowest BCUT2D eigenvalue weighted by atomic mass is 10.1. The molecule has 1 aromatic carbocycles. The van der Waals surface area contributed by atoms with Crippen molar-refractivity contribution in [2.45, 2.75) is 51.2 Å². The molecule has 2 aromatic rings. The molecule has 1 N–H and O–H groups in total. The maximum Gasteiger partial charge on any atom is 0.239 e. The summed E-state index contributed by atoms with van der Waals surface area (Å²) in [4.78, 5) is 16.3. The fraction of sp³-hybridized carbons (Fsp3) is 0.471. The van der Waals surface area contributed by atoms with Crippen molar-refractivity contribution < 1.29 is 13.5 Å². The first kappa shape index (κ1) is 18.3. The second-order valence-electron chi connectivity index (χ2n) is 6.78. The molecule has 2 atom stereocenters. The van der Waals surface area contributed by atoms with Crippen LogP contribution in [0.1, 0.15) is 39.1 Å². The minimum Gasteiger partial charge on any atom is -0.350 e. The Morgan fingerprint density at radius 2 is 1.92 bits per heavy atom. The molecular weight excluding hydrogens is 326 g/mol. The van der Waals surface area contributed by atoms with Gasteiger partial charge in [-0.2, -0.15) is 4.98 Å². The number of nitrogens with one attached hydrogen (secondary N) is 1. The summed E-state index contributed by atoms with van der Waals surface area (Å²) in [7, 11) is -1.44. The lowest BCUT2D eigenvalue weighted by Gasteiger charge is -2.22. The van der Waals surface area contributed by atoms with Gasteiger partial charge in [-0.1, -0.05) is 35.0 Å². The maximum absolute atomic E-state index is 12.4. The highest BCUT2D eigenvalue weighted by Gasteiger charge is 2.25. The Hall–Kier alpha value is -2.02. The number of benzene rings is 1. The van der Waals surface area contributed by atoms with Gasteiger partial charge in [0.15, 0.2) is 0 Å². The molecule has 0 aliphatic heterocycles. The second-order valence-corrected chi connectivity index (χ2v) is 8.54. The quantitative estimate of drug-likeness (QED) is 0.897. The molecule has 6 nitrogen and oxygen atoms in total. The molecule has 2 rings (SSSR count). The van der Waals surface area contributed by atoms with Crippen LogP contribution in [-0.2, 0) is 21.3 Å². The van der Waals surface area contributed by atoms with Crippen LogP contribution in [0.25, 0.3) is 11.4 Å². The van der Waals surface area contributed by atoms with Crippen LogP contribution in [0.3, 0.4) is 0 Å². The van der Waals surface area contributed by atoms with Crippen molar-refractivity contribution in [3.05, 3.63) is 35.7 Å². The normalized spacial score (nSPS) is 14.2. The molecule has 0 aliphatic rings. The topological polar surface area (TPSA) is 85.1 Å². The molecule has 0 fully saturated rings. The molecule has 0 saturated heterocycles. The van der Waals surface area contributed by atoms with Crippen LogP contribution in [0.4, 0.5) is 0 Å². The number of nitrogens with zero attached hydrogens (tertiary/aromatic N) is 2. The van der Waals surface area contributed by atoms with E-state index in [1.807, 2.05) is 52.0 Å². The van der Waals surface area contributed by atoms with Crippen molar-refractivity contribution in [1.82, 2.24) is 15.5 Å². The lowest BCUT2D eigenvalue weighted by molar-refractivity contribution is -0.121. The maximum atomic E-state index is 12.4. The van der Waals surface area contributed by atoms with Gasteiger partial charge in [0.25, 0.3) is 0 Å². The number of carbonyl (C=O) groups is 1. The average molecular weight is 349 g/mol. The minimum absolute atomic E-state index is 0.0532. The van der Waals surface area contributed by atoms with E-state index in [1.54, 1.807) is 6.92 Å². The van der Waals surface area contributed by atoms with E-state index >= 15 is 0 Å². The van der Waals surface area contributed by atoms with Gasteiger partial charge in [-0.3, -0.25) is 9.00 Å². The monoisotopic (exact) mass is 349 g/mol. The van der Waals surface area contributed by atoms with Crippen molar-refractivity contribution in [2.75, 3.05) is 0 Å². The summed E-state index contributed by atoms with van der Waals surface area (Å²) >= 11 is 0. The van der Waals surface area contributed by atoms with E-state index in [2.05, 4.69) is 15.5 Å². The zero-order valence-electron chi connectivity index (χ0n) is 14.6. The molecule has 0 spiro atoms. The van der Waals surface area contributed by atoms with Crippen LogP contribution in [-0.4, -0.2) is 31.0 Å². The van der Waals surface area contributed by atoms with Crippen molar-refractivity contribution in [2.24, 2.45) is 0 Å². The van der Waals surface area contributed by atoms with Gasteiger partial charge < -0.3 is 9.84 Å². The zero-order chi connectivity index (χ0) is 17.9. The number of hydrogen-bond donors (Lipinski definition) is 1. The number of aryl methyl sites for hydroxylation is 1. The van der Waals surface area contributed by atoms with E-state index in [9.17, 15) is 9.00 Å². The number of rotatable bonds is 5. The van der Waals surface area contributed by atoms with E-state index in [-0.39, 0.29) is 23.1 Å². The molecule has 1 heterocycles. The Kier molecular flexibility index (Phi) is 5.54. The Labute approximate surface area is 144 Å². The fourth-order valence-corrected chi connectivity index (χ4v) is 2.88. The summed E-state index contributed by atoms with van der Waals surface area (Å²) in [6, 6.07) is 7.73. The standard InChI is InChI=1S/C17H23N3O3S/c1-11-6-8-13(9-7-11)15-18-14(23-20-15)10-24(22)12(2)16(21)19-17(3,4)5/h6-9,12H,10H2,1-5H3,(H,19,21). The van der Waals surface area contributed by atoms with E-state index in [4.69, 9.17) is 4.52 Å². The average Bonchev–Trinajstić information content (AvgIpc) is 2.93. The zero-order valence-corrected chi connectivity index (χ0v) is 15.4. The summed E-state index contributed by atoms with van der Waals surface area (Å²) in [6.07, 6.45) is 0. The van der Waals surface area contributed by atoms with Gasteiger partial charge in [0, 0.05) is 21.9 Å².